The Hall–Kier alpha value is -7.70. The number of rotatable bonds is 6. The first kappa shape index (κ1) is 31.6. The summed E-state index contributed by atoms with van der Waals surface area (Å²) in [5.41, 5.74) is 13.5. The summed E-state index contributed by atoms with van der Waals surface area (Å²) < 4.78 is 13.6. The zero-order valence-corrected chi connectivity index (χ0v) is 30.8. The van der Waals surface area contributed by atoms with E-state index in [0.29, 0.717) is 18.0 Å². The highest BCUT2D eigenvalue weighted by molar-refractivity contribution is 6.15. The van der Waals surface area contributed by atoms with Gasteiger partial charge in [0.1, 0.15) is 16.9 Å². The van der Waals surface area contributed by atoms with Gasteiger partial charge in [-0.25, -0.2) is 4.98 Å². The molecule has 12 rings (SSSR count). The summed E-state index contributed by atoms with van der Waals surface area (Å²) in [4.78, 5) is 9.59. The van der Waals surface area contributed by atoms with Gasteiger partial charge in [0, 0.05) is 55.6 Å². The maximum atomic E-state index is 6.69. The van der Waals surface area contributed by atoms with Gasteiger partial charge in [-0.15, -0.1) is 0 Å². The van der Waals surface area contributed by atoms with E-state index in [1.54, 1.807) is 0 Å². The molecule has 5 heterocycles. The highest BCUT2D eigenvalue weighted by Gasteiger charge is 2.22. The second-order valence-electron chi connectivity index (χ2n) is 14.6. The van der Waals surface area contributed by atoms with Crippen LogP contribution in [-0.4, -0.2) is 25.2 Å². The predicted molar refractivity (Wildman–Crippen MR) is 237 cm³/mol. The molecule has 7 aromatic carbocycles. The molecule has 0 amide bonds. The van der Waals surface area contributed by atoms with Crippen molar-refractivity contribution in [3.63, 3.8) is 0 Å². The van der Waals surface area contributed by atoms with Crippen molar-refractivity contribution < 1.29 is 4.42 Å². The molecule has 268 valence electrons. The molecule has 0 fully saturated rings. The third kappa shape index (κ3) is 4.58. The van der Waals surface area contributed by atoms with E-state index in [1.165, 1.54) is 54.7 Å². The number of allylic oxidation sites excluding steroid dienone is 1. The van der Waals surface area contributed by atoms with Gasteiger partial charge in [0.25, 0.3) is 0 Å². The number of pyridine rings is 1. The van der Waals surface area contributed by atoms with E-state index in [2.05, 4.69) is 165 Å². The van der Waals surface area contributed by atoms with Gasteiger partial charge in [-0.05, 0) is 84.6 Å². The largest absolute Gasteiger partial charge is 0.452 e. The van der Waals surface area contributed by atoms with Crippen molar-refractivity contribution >= 4 is 101 Å². The number of benzene rings is 7. The standard InChI is InChI=1S/C51H33N5O/c1-52-48-47(57-50-37-18-5-6-19-38(37)51-53-41-20-9-12-23-46(41)56(51)49(48)50)24-13-29-54-42-21-10-7-16-35(42)39-30-32(25-27-43(39)54)33-26-28-45-40(31-33)36-17-8-11-22-44(36)55(45)34-14-3-2-4-15-34/h2-28,30-31H,1,29H2/b24-13-. The smallest absolute Gasteiger partial charge is 0.161 e. The molecule has 0 bridgehead atoms. The molecule has 0 radical (unpaired) electrons. The third-order valence-corrected chi connectivity index (χ3v) is 11.6. The van der Waals surface area contributed by atoms with Crippen molar-refractivity contribution in [3.8, 4) is 16.8 Å². The minimum absolute atomic E-state index is 0.645. The Bertz CT molecular complexity index is 3630. The monoisotopic (exact) mass is 731 g/mol. The fourth-order valence-electron chi connectivity index (χ4n) is 9.10. The predicted octanol–water partition coefficient (Wildman–Crippen LogP) is 13.3. The zero-order chi connectivity index (χ0) is 37.6. The van der Waals surface area contributed by atoms with Crippen LogP contribution in [0.15, 0.2) is 179 Å². The Labute approximate surface area is 326 Å². The molecule has 6 nitrogen and oxygen atoms in total. The fourth-order valence-corrected chi connectivity index (χ4v) is 9.10. The van der Waals surface area contributed by atoms with E-state index in [1.807, 2.05) is 36.4 Å². The molecular formula is C51H33N5O. The molecule has 0 aliphatic heterocycles. The fraction of sp³-hybridized carbons (Fsp3) is 0.0196. The second kappa shape index (κ2) is 12.2. The van der Waals surface area contributed by atoms with Gasteiger partial charge in [-0.3, -0.25) is 9.39 Å². The minimum atomic E-state index is 0.645. The first-order chi connectivity index (χ1) is 28.2. The summed E-state index contributed by atoms with van der Waals surface area (Å²) in [7, 11) is 0. The number of furan rings is 1. The zero-order valence-electron chi connectivity index (χ0n) is 30.8. The maximum Gasteiger partial charge on any atom is 0.161 e. The van der Waals surface area contributed by atoms with Crippen LogP contribution in [-0.2, 0) is 6.54 Å². The lowest BCUT2D eigenvalue weighted by molar-refractivity contribution is 0.607. The maximum absolute atomic E-state index is 6.69. The number of aromatic nitrogens is 4. The molecular weight excluding hydrogens is 699 g/mol. The van der Waals surface area contributed by atoms with E-state index < -0.39 is 0 Å². The number of fused-ring (bicyclic) bond motifs is 14. The van der Waals surface area contributed by atoms with Crippen LogP contribution in [0.4, 0.5) is 5.69 Å². The molecule has 5 aromatic heterocycles. The van der Waals surface area contributed by atoms with Gasteiger partial charge in [0.05, 0.1) is 22.1 Å². The molecule has 0 aliphatic carbocycles. The van der Waals surface area contributed by atoms with Crippen molar-refractivity contribution in [3.05, 3.63) is 176 Å². The van der Waals surface area contributed by atoms with Gasteiger partial charge < -0.3 is 13.6 Å². The summed E-state index contributed by atoms with van der Waals surface area (Å²) in [6, 6.07) is 58.2. The van der Waals surface area contributed by atoms with Crippen LogP contribution < -0.4 is 0 Å². The van der Waals surface area contributed by atoms with Crippen LogP contribution in [0, 0.1) is 0 Å². The topological polar surface area (TPSA) is 52.7 Å². The SMILES string of the molecule is C=Nc1c(/C=C\Cn2c3ccccc3c3cc(-c4ccc5c(c4)c4ccccc4n5-c4ccccc4)ccc32)oc2c3ccccc3c3nc4ccccc4n3c12. The molecule has 6 heteroatoms. The lowest BCUT2D eigenvalue weighted by Crippen LogP contribution is -1.94. The molecule has 0 unspecified atom stereocenters. The van der Waals surface area contributed by atoms with Gasteiger partial charge in [0.15, 0.2) is 11.3 Å². The van der Waals surface area contributed by atoms with Crippen molar-refractivity contribution in [1.82, 2.24) is 18.5 Å². The Morgan fingerprint density at radius 1 is 0.561 bits per heavy atom. The van der Waals surface area contributed by atoms with Gasteiger partial charge in [0.2, 0.25) is 0 Å². The summed E-state index contributed by atoms with van der Waals surface area (Å²) in [6.07, 6.45) is 4.20. The number of para-hydroxylation sites is 5. The molecule has 0 saturated carbocycles. The average molecular weight is 732 g/mol. The lowest BCUT2D eigenvalue weighted by Gasteiger charge is -2.08. The van der Waals surface area contributed by atoms with Crippen LogP contribution in [0.25, 0.3) is 105 Å². The van der Waals surface area contributed by atoms with Crippen LogP contribution in [0.1, 0.15) is 5.76 Å². The second-order valence-corrected chi connectivity index (χ2v) is 14.6. The molecule has 57 heavy (non-hydrogen) atoms. The van der Waals surface area contributed by atoms with Gasteiger partial charge in [-0.2, -0.15) is 0 Å². The normalized spacial score (nSPS) is 12.3. The van der Waals surface area contributed by atoms with E-state index in [9.17, 15) is 0 Å². The summed E-state index contributed by atoms with van der Waals surface area (Å²) >= 11 is 0. The summed E-state index contributed by atoms with van der Waals surface area (Å²) in [5, 5.41) is 6.97. The minimum Gasteiger partial charge on any atom is -0.452 e. The molecule has 12 aromatic rings. The quantitative estimate of drug-likeness (QED) is 0.160. The number of hydrogen-bond acceptors (Lipinski definition) is 3. The third-order valence-electron chi connectivity index (χ3n) is 11.6. The van der Waals surface area contributed by atoms with E-state index in [-0.39, 0.29) is 0 Å². The highest BCUT2D eigenvalue weighted by atomic mass is 16.3. The first-order valence-corrected chi connectivity index (χ1v) is 19.2. The molecule has 0 N–H and O–H groups in total. The Kier molecular flexibility index (Phi) is 6.74. The number of nitrogens with zero attached hydrogens (tertiary/aromatic N) is 5. The van der Waals surface area contributed by atoms with Crippen LogP contribution in [0.2, 0.25) is 0 Å². The number of aliphatic imine (C=N–C) groups is 1. The summed E-state index contributed by atoms with van der Waals surface area (Å²) in [5.74, 6) is 0.669. The van der Waals surface area contributed by atoms with Crippen LogP contribution in [0.3, 0.4) is 0 Å². The number of hydrogen-bond donors (Lipinski definition) is 0. The molecule has 0 saturated heterocycles. The Morgan fingerprint density at radius 2 is 1.14 bits per heavy atom. The Balaban J connectivity index is 0.966. The van der Waals surface area contributed by atoms with Gasteiger partial charge >= 0.3 is 0 Å². The molecule has 0 spiro atoms. The average Bonchev–Trinajstić information content (AvgIpc) is 4.02. The number of imidazole rings is 1. The first-order valence-electron chi connectivity index (χ1n) is 19.2. The molecule has 0 aliphatic rings. The lowest BCUT2D eigenvalue weighted by atomic mass is 10.0. The van der Waals surface area contributed by atoms with Crippen molar-refractivity contribution in [2.24, 2.45) is 4.99 Å². The summed E-state index contributed by atoms with van der Waals surface area (Å²) in [6.45, 7) is 4.65. The van der Waals surface area contributed by atoms with Crippen molar-refractivity contribution in [2.75, 3.05) is 0 Å². The van der Waals surface area contributed by atoms with Crippen molar-refractivity contribution in [2.45, 2.75) is 6.54 Å². The van der Waals surface area contributed by atoms with E-state index >= 15 is 0 Å². The van der Waals surface area contributed by atoms with E-state index in [4.69, 9.17) is 9.40 Å². The van der Waals surface area contributed by atoms with Crippen molar-refractivity contribution in [1.29, 1.82) is 0 Å². The van der Waals surface area contributed by atoms with E-state index in [0.717, 1.165) is 44.2 Å². The highest BCUT2D eigenvalue weighted by Crippen LogP contribution is 2.42. The molecule has 0 atom stereocenters. The van der Waals surface area contributed by atoms with Crippen LogP contribution in [0.5, 0.6) is 0 Å². The van der Waals surface area contributed by atoms with Crippen LogP contribution >= 0.6 is 0 Å². The Morgan fingerprint density at radius 3 is 1.91 bits per heavy atom. The van der Waals surface area contributed by atoms with Gasteiger partial charge in [-0.1, -0.05) is 109 Å².